The molecule has 0 saturated carbocycles. The summed E-state index contributed by atoms with van der Waals surface area (Å²) in [5, 5.41) is 5.08. The van der Waals surface area contributed by atoms with Crippen molar-refractivity contribution in [1.82, 2.24) is 5.32 Å². The van der Waals surface area contributed by atoms with Crippen molar-refractivity contribution < 1.29 is 9.18 Å². The van der Waals surface area contributed by atoms with E-state index in [9.17, 15) is 9.18 Å². The molecule has 1 atom stereocenters. The number of fused-ring (bicyclic) bond motifs is 1. The van der Waals surface area contributed by atoms with Crippen LogP contribution >= 0.6 is 27.3 Å². The average molecular weight is 354 g/mol. The second kappa shape index (κ2) is 5.66. The maximum atomic E-state index is 13.5. The van der Waals surface area contributed by atoms with E-state index in [1.807, 2.05) is 0 Å². The minimum absolute atomic E-state index is 0.0349. The molecular weight excluding hydrogens is 341 g/mol. The summed E-state index contributed by atoms with van der Waals surface area (Å²) in [4.78, 5) is 13.7. The highest BCUT2D eigenvalue weighted by Crippen LogP contribution is 2.33. The van der Waals surface area contributed by atoms with Crippen LogP contribution in [0.25, 0.3) is 0 Å². The van der Waals surface area contributed by atoms with Gasteiger partial charge in [0.2, 0.25) is 0 Å². The monoisotopic (exact) mass is 353 g/mol. The molecule has 1 N–H and O–H groups in total. The highest BCUT2D eigenvalue weighted by Gasteiger charge is 2.24. The van der Waals surface area contributed by atoms with Gasteiger partial charge in [0.05, 0.1) is 16.1 Å². The molecule has 0 radical (unpaired) electrons. The molecule has 3 rings (SSSR count). The SMILES string of the molecule is O=C(NC1CCCc2sccc21)c1cccc(F)c1Br. The first kappa shape index (κ1) is 13.8. The predicted molar refractivity (Wildman–Crippen MR) is 81.6 cm³/mol. The van der Waals surface area contributed by atoms with Crippen LogP contribution < -0.4 is 5.32 Å². The molecule has 1 heterocycles. The number of benzene rings is 1. The smallest absolute Gasteiger partial charge is 0.253 e. The number of amides is 1. The molecular formula is C15H13BrFNOS. The van der Waals surface area contributed by atoms with Gasteiger partial charge in [-0.3, -0.25) is 4.79 Å². The Morgan fingerprint density at radius 3 is 3.10 bits per heavy atom. The number of halogens is 2. The van der Waals surface area contributed by atoms with Crippen molar-refractivity contribution in [1.29, 1.82) is 0 Å². The van der Waals surface area contributed by atoms with Gasteiger partial charge in [0.15, 0.2) is 0 Å². The highest BCUT2D eigenvalue weighted by molar-refractivity contribution is 9.10. The molecule has 0 bridgehead atoms. The third-order valence-electron chi connectivity index (χ3n) is 3.55. The number of thiophene rings is 1. The zero-order chi connectivity index (χ0) is 14.1. The zero-order valence-corrected chi connectivity index (χ0v) is 13.1. The Labute approximate surface area is 129 Å². The number of carbonyl (C=O) groups excluding carboxylic acids is 1. The van der Waals surface area contributed by atoms with Crippen molar-refractivity contribution in [2.24, 2.45) is 0 Å². The Hall–Kier alpha value is -1.20. The maximum absolute atomic E-state index is 13.5. The Kier molecular flexibility index (Phi) is 3.89. The Balaban J connectivity index is 1.83. The maximum Gasteiger partial charge on any atom is 0.253 e. The van der Waals surface area contributed by atoms with Crippen LogP contribution in [0, 0.1) is 5.82 Å². The number of hydrogen-bond acceptors (Lipinski definition) is 2. The fraction of sp³-hybridized carbons (Fsp3) is 0.267. The molecule has 2 nitrogen and oxygen atoms in total. The predicted octanol–water partition coefficient (Wildman–Crippen LogP) is 4.46. The largest absolute Gasteiger partial charge is 0.345 e. The molecule has 0 aliphatic heterocycles. The molecule has 2 aromatic rings. The van der Waals surface area contributed by atoms with Crippen LogP contribution in [-0.4, -0.2) is 5.91 Å². The summed E-state index contributed by atoms with van der Waals surface area (Å²) < 4.78 is 13.7. The second-order valence-electron chi connectivity index (χ2n) is 4.82. The molecule has 1 aromatic carbocycles. The van der Waals surface area contributed by atoms with Crippen molar-refractivity contribution in [3.05, 3.63) is 55.9 Å². The first-order valence-corrected chi connectivity index (χ1v) is 8.15. The number of aryl methyl sites for hydroxylation is 1. The summed E-state index contributed by atoms with van der Waals surface area (Å²) in [5.74, 6) is -0.655. The summed E-state index contributed by atoms with van der Waals surface area (Å²) in [6.07, 6.45) is 3.09. The van der Waals surface area contributed by atoms with Gasteiger partial charge in [0, 0.05) is 4.88 Å². The van der Waals surface area contributed by atoms with E-state index in [0.717, 1.165) is 19.3 Å². The lowest BCUT2D eigenvalue weighted by Crippen LogP contribution is -2.30. The van der Waals surface area contributed by atoms with Crippen molar-refractivity contribution in [2.75, 3.05) is 0 Å². The molecule has 1 unspecified atom stereocenters. The van der Waals surface area contributed by atoms with E-state index >= 15 is 0 Å². The molecule has 1 aromatic heterocycles. The van der Waals surface area contributed by atoms with E-state index in [1.165, 1.54) is 16.5 Å². The zero-order valence-electron chi connectivity index (χ0n) is 10.7. The lowest BCUT2D eigenvalue weighted by Gasteiger charge is -2.24. The van der Waals surface area contributed by atoms with Gasteiger partial charge < -0.3 is 5.32 Å². The summed E-state index contributed by atoms with van der Waals surface area (Å²) in [6.45, 7) is 0. The fourth-order valence-electron chi connectivity index (χ4n) is 2.55. The van der Waals surface area contributed by atoms with Crippen LogP contribution in [0.2, 0.25) is 0 Å². The molecule has 104 valence electrons. The van der Waals surface area contributed by atoms with Gasteiger partial charge in [-0.1, -0.05) is 6.07 Å². The number of carbonyl (C=O) groups is 1. The van der Waals surface area contributed by atoms with Gasteiger partial charge in [-0.2, -0.15) is 0 Å². The summed E-state index contributed by atoms with van der Waals surface area (Å²) >= 11 is 4.87. The minimum atomic E-state index is -0.419. The molecule has 1 aliphatic rings. The molecule has 5 heteroatoms. The van der Waals surface area contributed by atoms with Crippen LogP contribution in [0.5, 0.6) is 0 Å². The number of rotatable bonds is 2. The Morgan fingerprint density at radius 2 is 2.25 bits per heavy atom. The second-order valence-corrected chi connectivity index (χ2v) is 6.61. The van der Waals surface area contributed by atoms with Gasteiger partial charge in [-0.05, 0) is 64.3 Å². The van der Waals surface area contributed by atoms with Gasteiger partial charge in [-0.25, -0.2) is 4.39 Å². The Morgan fingerprint density at radius 1 is 1.40 bits per heavy atom. The van der Waals surface area contributed by atoms with E-state index in [0.29, 0.717) is 5.56 Å². The first-order valence-electron chi connectivity index (χ1n) is 6.48. The fourth-order valence-corrected chi connectivity index (χ4v) is 3.98. The first-order chi connectivity index (χ1) is 9.66. The van der Waals surface area contributed by atoms with Crippen LogP contribution in [-0.2, 0) is 6.42 Å². The average Bonchev–Trinajstić information content (AvgIpc) is 2.91. The van der Waals surface area contributed by atoms with Crippen molar-refractivity contribution >= 4 is 33.2 Å². The molecule has 1 amide bonds. The Bertz CT molecular complexity index is 655. The van der Waals surface area contributed by atoms with Crippen molar-refractivity contribution in [3.8, 4) is 0 Å². The van der Waals surface area contributed by atoms with Gasteiger partial charge in [0.1, 0.15) is 5.82 Å². The van der Waals surface area contributed by atoms with E-state index in [1.54, 1.807) is 23.5 Å². The lowest BCUT2D eigenvalue weighted by atomic mass is 9.94. The molecule has 0 spiro atoms. The topological polar surface area (TPSA) is 29.1 Å². The van der Waals surface area contributed by atoms with E-state index in [2.05, 4.69) is 32.7 Å². The van der Waals surface area contributed by atoms with Gasteiger partial charge in [0.25, 0.3) is 5.91 Å². The normalized spacial score (nSPS) is 17.6. The third-order valence-corrected chi connectivity index (χ3v) is 5.36. The van der Waals surface area contributed by atoms with Crippen LogP contribution in [0.15, 0.2) is 34.1 Å². The minimum Gasteiger partial charge on any atom is -0.345 e. The molecule has 20 heavy (non-hydrogen) atoms. The summed E-state index contributed by atoms with van der Waals surface area (Å²) in [6, 6.07) is 6.61. The van der Waals surface area contributed by atoms with E-state index < -0.39 is 5.82 Å². The van der Waals surface area contributed by atoms with Crippen LogP contribution in [0.3, 0.4) is 0 Å². The summed E-state index contributed by atoms with van der Waals surface area (Å²) in [7, 11) is 0. The standard InChI is InChI=1S/C15H13BrFNOS/c16-14-10(3-1-4-11(14)17)15(19)18-12-5-2-6-13-9(12)7-8-20-13/h1,3-4,7-8,12H,2,5-6H2,(H,18,19). The number of nitrogens with one attached hydrogen (secondary N) is 1. The van der Waals surface area contributed by atoms with Crippen LogP contribution in [0.4, 0.5) is 4.39 Å². The molecule has 0 saturated heterocycles. The quantitative estimate of drug-likeness (QED) is 0.848. The lowest BCUT2D eigenvalue weighted by molar-refractivity contribution is 0.0931. The summed E-state index contributed by atoms with van der Waals surface area (Å²) in [5.41, 5.74) is 1.55. The third kappa shape index (κ3) is 2.52. The van der Waals surface area contributed by atoms with Crippen molar-refractivity contribution in [3.63, 3.8) is 0 Å². The number of hydrogen-bond donors (Lipinski definition) is 1. The highest BCUT2D eigenvalue weighted by atomic mass is 79.9. The molecule has 0 fully saturated rings. The van der Waals surface area contributed by atoms with Gasteiger partial charge >= 0.3 is 0 Å². The van der Waals surface area contributed by atoms with Gasteiger partial charge in [-0.15, -0.1) is 11.3 Å². The van der Waals surface area contributed by atoms with E-state index in [4.69, 9.17) is 0 Å². The van der Waals surface area contributed by atoms with Crippen LogP contribution in [0.1, 0.15) is 39.7 Å². The molecule has 1 aliphatic carbocycles. The van der Waals surface area contributed by atoms with E-state index in [-0.39, 0.29) is 16.4 Å². The van der Waals surface area contributed by atoms with Crippen molar-refractivity contribution in [2.45, 2.75) is 25.3 Å².